The van der Waals surface area contributed by atoms with Gasteiger partial charge in [0.2, 0.25) is 0 Å². The molecule has 0 spiro atoms. The minimum absolute atomic E-state index is 0.481. The molecule has 2 aliphatic carbocycles. The van der Waals surface area contributed by atoms with Gasteiger partial charge in [-0.3, -0.25) is 4.68 Å². The summed E-state index contributed by atoms with van der Waals surface area (Å²) in [6.07, 6.45) is 13.5. The Morgan fingerprint density at radius 2 is 1.93 bits per heavy atom. The van der Waals surface area contributed by atoms with E-state index in [0.29, 0.717) is 12.1 Å². The van der Waals surface area contributed by atoms with Gasteiger partial charge in [0.05, 0.1) is 24.5 Å². The highest BCUT2D eigenvalue weighted by Crippen LogP contribution is 2.30. The number of nitrogens with zero attached hydrogens (tertiary/aromatic N) is 2. The van der Waals surface area contributed by atoms with E-state index in [4.69, 9.17) is 4.74 Å². The van der Waals surface area contributed by atoms with E-state index in [-0.39, 0.29) is 0 Å². The van der Waals surface area contributed by atoms with Crippen LogP contribution in [0.15, 0.2) is 12.4 Å². The van der Waals surface area contributed by atoms with Crippen molar-refractivity contribution in [2.45, 2.75) is 57.1 Å². The quantitative estimate of drug-likeness (QED) is 0.760. The minimum Gasteiger partial charge on any atom is -0.487 e. The Bertz CT molecular complexity index is 324. The third-order valence-electron chi connectivity index (χ3n) is 3.35. The summed E-state index contributed by atoms with van der Waals surface area (Å²) in [5.74, 6) is 0.961. The van der Waals surface area contributed by atoms with Crippen LogP contribution in [-0.2, 0) is 0 Å². The van der Waals surface area contributed by atoms with Crippen molar-refractivity contribution < 1.29 is 4.74 Å². The van der Waals surface area contributed by atoms with Gasteiger partial charge < -0.3 is 4.74 Å². The van der Waals surface area contributed by atoms with Crippen LogP contribution in [0.1, 0.15) is 51.0 Å². The summed E-state index contributed by atoms with van der Waals surface area (Å²) < 4.78 is 7.82. The van der Waals surface area contributed by atoms with Crippen molar-refractivity contribution in [1.82, 2.24) is 9.78 Å². The standard InChI is InChI=1S/C12H18N2O/c1-2-4-10(5-3-1)14-9-12(8-13-14)15-11-6-7-11/h8-11H,1-7H2. The summed E-state index contributed by atoms with van der Waals surface area (Å²) in [6, 6.07) is 0.621. The third-order valence-corrected chi connectivity index (χ3v) is 3.35. The van der Waals surface area contributed by atoms with Gasteiger partial charge in [0.15, 0.2) is 5.75 Å². The second kappa shape index (κ2) is 3.87. The lowest BCUT2D eigenvalue weighted by Gasteiger charge is -2.21. The van der Waals surface area contributed by atoms with Crippen LogP contribution in [0.4, 0.5) is 0 Å². The molecule has 1 aromatic heterocycles. The van der Waals surface area contributed by atoms with Gasteiger partial charge in [-0.15, -0.1) is 0 Å². The fourth-order valence-electron chi connectivity index (χ4n) is 2.31. The lowest BCUT2D eigenvalue weighted by atomic mass is 9.96. The Balaban J connectivity index is 1.65. The number of hydrogen-bond donors (Lipinski definition) is 0. The van der Waals surface area contributed by atoms with E-state index in [1.165, 1.54) is 44.9 Å². The maximum atomic E-state index is 5.71. The van der Waals surface area contributed by atoms with Crippen LogP contribution < -0.4 is 4.74 Å². The normalized spacial score (nSPS) is 22.9. The van der Waals surface area contributed by atoms with Crippen LogP contribution in [0.25, 0.3) is 0 Å². The number of rotatable bonds is 3. The first-order valence-electron chi connectivity index (χ1n) is 6.12. The molecule has 0 N–H and O–H groups in total. The van der Waals surface area contributed by atoms with Crippen molar-refractivity contribution in [3.8, 4) is 5.75 Å². The summed E-state index contributed by atoms with van der Waals surface area (Å²) in [4.78, 5) is 0. The largest absolute Gasteiger partial charge is 0.487 e. The second-order valence-electron chi connectivity index (χ2n) is 4.77. The van der Waals surface area contributed by atoms with Crippen molar-refractivity contribution in [3.63, 3.8) is 0 Å². The van der Waals surface area contributed by atoms with Crippen molar-refractivity contribution in [2.75, 3.05) is 0 Å². The molecule has 3 rings (SSSR count). The van der Waals surface area contributed by atoms with E-state index in [9.17, 15) is 0 Å². The summed E-state index contributed by atoms with van der Waals surface area (Å²) in [7, 11) is 0. The summed E-state index contributed by atoms with van der Waals surface area (Å²) in [5.41, 5.74) is 0. The molecule has 0 atom stereocenters. The van der Waals surface area contributed by atoms with Crippen molar-refractivity contribution in [3.05, 3.63) is 12.4 Å². The van der Waals surface area contributed by atoms with Gasteiger partial charge in [0, 0.05) is 0 Å². The average Bonchev–Trinajstić information content (AvgIpc) is 2.96. The molecule has 15 heavy (non-hydrogen) atoms. The molecule has 2 fully saturated rings. The predicted octanol–water partition coefficient (Wildman–Crippen LogP) is 2.93. The molecule has 3 heteroatoms. The van der Waals surface area contributed by atoms with Gasteiger partial charge in [0.1, 0.15) is 0 Å². The van der Waals surface area contributed by atoms with E-state index in [0.717, 1.165) is 5.75 Å². The summed E-state index contributed by atoms with van der Waals surface area (Å²) in [5, 5.41) is 4.41. The monoisotopic (exact) mass is 206 g/mol. The maximum absolute atomic E-state index is 5.71. The molecule has 0 radical (unpaired) electrons. The molecule has 1 aromatic rings. The highest BCUT2D eigenvalue weighted by molar-refractivity contribution is 5.13. The zero-order chi connectivity index (χ0) is 10.1. The highest BCUT2D eigenvalue weighted by atomic mass is 16.5. The molecule has 0 saturated heterocycles. The first-order valence-corrected chi connectivity index (χ1v) is 6.12. The van der Waals surface area contributed by atoms with Crippen molar-refractivity contribution >= 4 is 0 Å². The molecule has 2 saturated carbocycles. The highest BCUT2D eigenvalue weighted by Gasteiger charge is 2.24. The molecular weight excluding hydrogens is 188 g/mol. The molecule has 1 heterocycles. The van der Waals surface area contributed by atoms with Crippen molar-refractivity contribution in [1.29, 1.82) is 0 Å². The van der Waals surface area contributed by atoms with E-state index in [1.807, 2.05) is 6.20 Å². The molecule has 0 aliphatic heterocycles. The fraction of sp³-hybridized carbons (Fsp3) is 0.750. The van der Waals surface area contributed by atoms with Crippen LogP contribution in [0.5, 0.6) is 5.75 Å². The van der Waals surface area contributed by atoms with Crippen LogP contribution >= 0.6 is 0 Å². The summed E-state index contributed by atoms with van der Waals surface area (Å²) >= 11 is 0. The molecule has 2 aliphatic rings. The van der Waals surface area contributed by atoms with Gasteiger partial charge in [0.25, 0.3) is 0 Å². The van der Waals surface area contributed by atoms with Crippen LogP contribution in [0.3, 0.4) is 0 Å². The smallest absolute Gasteiger partial charge is 0.157 e. The Morgan fingerprint density at radius 3 is 2.67 bits per heavy atom. The molecule has 82 valence electrons. The molecule has 3 nitrogen and oxygen atoms in total. The third kappa shape index (κ3) is 2.16. The van der Waals surface area contributed by atoms with Crippen LogP contribution in [0.2, 0.25) is 0 Å². The van der Waals surface area contributed by atoms with Crippen LogP contribution in [-0.4, -0.2) is 15.9 Å². The predicted molar refractivity (Wildman–Crippen MR) is 58.0 cm³/mol. The SMILES string of the molecule is c1nn(C2CCCCC2)cc1OC1CC1. The van der Waals surface area contributed by atoms with E-state index >= 15 is 0 Å². The molecule has 0 unspecified atom stereocenters. The fourth-order valence-corrected chi connectivity index (χ4v) is 2.31. The first kappa shape index (κ1) is 9.25. The minimum atomic E-state index is 0.481. The first-order chi connectivity index (χ1) is 7.42. The number of ether oxygens (including phenoxy) is 1. The average molecular weight is 206 g/mol. The molecule has 0 amide bonds. The Hall–Kier alpha value is -0.990. The Morgan fingerprint density at radius 1 is 1.13 bits per heavy atom. The van der Waals surface area contributed by atoms with E-state index < -0.39 is 0 Å². The maximum Gasteiger partial charge on any atom is 0.157 e. The van der Waals surface area contributed by atoms with Gasteiger partial charge >= 0.3 is 0 Å². The van der Waals surface area contributed by atoms with Gasteiger partial charge in [-0.2, -0.15) is 5.10 Å². The van der Waals surface area contributed by atoms with E-state index in [1.54, 1.807) is 0 Å². The number of aromatic nitrogens is 2. The lowest BCUT2D eigenvalue weighted by Crippen LogP contribution is -2.12. The lowest BCUT2D eigenvalue weighted by molar-refractivity contribution is 0.298. The number of hydrogen-bond acceptors (Lipinski definition) is 2. The van der Waals surface area contributed by atoms with Gasteiger partial charge in [-0.05, 0) is 25.7 Å². The Labute approximate surface area is 90.4 Å². The zero-order valence-electron chi connectivity index (χ0n) is 9.06. The summed E-state index contributed by atoms with van der Waals surface area (Å²) in [6.45, 7) is 0. The zero-order valence-corrected chi connectivity index (χ0v) is 9.06. The van der Waals surface area contributed by atoms with E-state index in [2.05, 4.69) is 16.0 Å². The molecule has 0 aromatic carbocycles. The van der Waals surface area contributed by atoms with Crippen LogP contribution in [0, 0.1) is 0 Å². The Kier molecular flexibility index (Phi) is 2.39. The van der Waals surface area contributed by atoms with Gasteiger partial charge in [-0.25, -0.2) is 0 Å². The molecular formula is C12H18N2O. The van der Waals surface area contributed by atoms with Gasteiger partial charge in [-0.1, -0.05) is 19.3 Å². The second-order valence-corrected chi connectivity index (χ2v) is 4.77. The molecule has 0 bridgehead atoms. The van der Waals surface area contributed by atoms with Crippen molar-refractivity contribution in [2.24, 2.45) is 0 Å². The topological polar surface area (TPSA) is 27.1 Å².